The van der Waals surface area contributed by atoms with E-state index in [-0.39, 0.29) is 6.04 Å². The highest BCUT2D eigenvalue weighted by molar-refractivity contribution is 7.11. The van der Waals surface area contributed by atoms with E-state index in [1.165, 1.54) is 15.8 Å². The Morgan fingerprint density at radius 1 is 1.21 bits per heavy atom. The Balaban J connectivity index is 2.06. The van der Waals surface area contributed by atoms with Crippen LogP contribution in [0.1, 0.15) is 21.5 Å². The maximum atomic E-state index is 4.42. The third-order valence-electron chi connectivity index (χ3n) is 3.18. The van der Waals surface area contributed by atoms with Crippen molar-refractivity contribution in [3.63, 3.8) is 0 Å². The predicted molar refractivity (Wildman–Crippen MR) is 79.5 cm³/mol. The fraction of sp³-hybridized carbons (Fsp3) is 0.200. The smallest absolute Gasteiger partial charge is 0.0897 e. The van der Waals surface area contributed by atoms with Crippen molar-refractivity contribution in [3.05, 3.63) is 58.2 Å². The van der Waals surface area contributed by atoms with Crippen LogP contribution in [0.3, 0.4) is 0 Å². The van der Waals surface area contributed by atoms with Gasteiger partial charge >= 0.3 is 0 Å². The van der Waals surface area contributed by atoms with Crippen molar-refractivity contribution in [2.24, 2.45) is 0 Å². The summed E-state index contributed by atoms with van der Waals surface area (Å²) in [5, 5.41) is 5.62. The molecule has 3 nitrogen and oxygen atoms in total. The molecule has 0 saturated carbocycles. The molecule has 0 fully saturated rings. The van der Waals surface area contributed by atoms with Gasteiger partial charge in [-0.3, -0.25) is 4.98 Å². The molecular formula is C15H15N3S. The van der Waals surface area contributed by atoms with E-state index in [0.717, 1.165) is 10.5 Å². The van der Waals surface area contributed by atoms with Gasteiger partial charge in [-0.2, -0.15) is 0 Å². The second-order valence-electron chi connectivity index (χ2n) is 4.46. The first kappa shape index (κ1) is 12.3. The zero-order chi connectivity index (χ0) is 13.2. The maximum absolute atomic E-state index is 4.42. The standard InChI is InChI=1S/C15H15N3S/c1-10-18-9-14(19-10)15(16-2)12-6-5-11-4-3-7-17-13(11)8-12/h3-9,15-16H,1-2H3. The molecule has 19 heavy (non-hydrogen) atoms. The number of aromatic nitrogens is 2. The van der Waals surface area contributed by atoms with Crippen molar-refractivity contribution in [3.8, 4) is 0 Å². The zero-order valence-corrected chi connectivity index (χ0v) is 11.7. The van der Waals surface area contributed by atoms with E-state index in [9.17, 15) is 0 Å². The summed E-state index contributed by atoms with van der Waals surface area (Å²) in [6.45, 7) is 2.03. The number of thiazole rings is 1. The molecule has 0 radical (unpaired) electrons. The second kappa shape index (κ2) is 5.07. The average molecular weight is 269 g/mol. The summed E-state index contributed by atoms with van der Waals surface area (Å²) in [6.07, 6.45) is 3.78. The van der Waals surface area contributed by atoms with Gasteiger partial charge in [0.05, 0.1) is 16.6 Å². The Kier molecular flexibility index (Phi) is 3.27. The summed E-state index contributed by atoms with van der Waals surface area (Å²) >= 11 is 1.73. The van der Waals surface area contributed by atoms with Gasteiger partial charge in [-0.15, -0.1) is 11.3 Å². The molecule has 1 N–H and O–H groups in total. The molecule has 0 bridgehead atoms. The third kappa shape index (κ3) is 2.37. The van der Waals surface area contributed by atoms with Crippen LogP contribution < -0.4 is 5.32 Å². The minimum Gasteiger partial charge on any atom is -0.309 e. The molecule has 0 amide bonds. The molecule has 1 unspecified atom stereocenters. The van der Waals surface area contributed by atoms with E-state index in [1.54, 1.807) is 11.3 Å². The Labute approximate surface area is 116 Å². The number of rotatable bonds is 3. The summed E-state index contributed by atoms with van der Waals surface area (Å²) in [4.78, 5) is 9.99. The first-order valence-corrected chi connectivity index (χ1v) is 7.04. The van der Waals surface area contributed by atoms with Crippen LogP contribution in [0, 0.1) is 6.92 Å². The van der Waals surface area contributed by atoms with Crippen LogP contribution in [0.2, 0.25) is 0 Å². The molecule has 0 saturated heterocycles. The van der Waals surface area contributed by atoms with Gasteiger partial charge in [0.25, 0.3) is 0 Å². The summed E-state index contributed by atoms with van der Waals surface area (Å²) in [5.74, 6) is 0. The van der Waals surface area contributed by atoms with Gasteiger partial charge < -0.3 is 5.32 Å². The molecule has 0 aliphatic heterocycles. The minimum absolute atomic E-state index is 0.178. The highest BCUT2D eigenvalue weighted by Crippen LogP contribution is 2.28. The van der Waals surface area contributed by atoms with Crippen LogP contribution in [0.25, 0.3) is 10.9 Å². The maximum Gasteiger partial charge on any atom is 0.0897 e. The number of hydrogen-bond donors (Lipinski definition) is 1. The van der Waals surface area contributed by atoms with E-state index in [1.807, 2.05) is 32.4 Å². The largest absolute Gasteiger partial charge is 0.309 e. The van der Waals surface area contributed by atoms with Gasteiger partial charge in [-0.1, -0.05) is 18.2 Å². The van der Waals surface area contributed by atoms with Crippen molar-refractivity contribution in [2.75, 3.05) is 7.05 Å². The highest BCUT2D eigenvalue weighted by Gasteiger charge is 2.14. The molecular weight excluding hydrogens is 254 g/mol. The van der Waals surface area contributed by atoms with Gasteiger partial charge in [0.15, 0.2) is 0 Å². The van der Waals surface area contributed by atoms with Crippen molar-refractivity contribution in [1.82, 2.24) is 15.3 Å². The van der Waals surface area contributed by atoms with Crippen LogP contribution >= 0.6 is 11.3 Å². The zero-order valence-electron chi connectivity index (χ0n) is 10.9. The van der Waals surface area contributed by atoms with E-state index >= 15 is 0 Å². The summed E-state index contributed by atoms with van der Waals surface area (Å²) in [5.41, 5.74) is 2.25. The fourth-order valence-corrected chi connectivity index (χ4v) is 3.17. The van der Waals surface area contributed by atoms with E-state index < -0.39 is 0 Å². The van der Waals surface area contributed by atoms with Gasteiger partial charge in [0, 0.05) is 22.7 Å². The normalized spacial score (nSPS) is 12.7. The van der Waals surface area contributed by atoms with Gasteiger partial charge in [0.2, 0.25) is 0 Å². The lowest BCUT2D eigenvalue weighted by Gasteiger charge is -2.15. The van der Waals surface area contributed by atoms with Crippen LogP contribution in [-0.2, 0) is 0 Å². The molecule has 1 aromatic carbocycles. The number of nitrogens with zero attached hydrogens (tertiary/aromatic N) is 2. The Morgan fingerprint density at radius 3 is 2.84 bits per heavy atom. The number of pyridine rings is 1. The van der Waals surface area contributed by atoms with Crippen LogP contribution in [0.4, 0.5) is 0 Å². The molecule has 0 aliphatic rings. The summed E-state index contributed by atoms with van der Waals surface area (Å²) < 4.78 is 0. The second-order valence-corrected chi connectivity index (χ2v) is 5.73. The van der Waals surface area contributed by atoms with Crippen LogP contribution in [0.5, 0.6) is 0 Å². The molecule has 4 heteroatoms. The van der Waals surface area contributed by atoms with Gasteiger partial charge in [-0.05, 0) is 31.7 Å². The first-order valence-electron chi connectivity index (χ1n) is 6.22. The third-order valence-corrected chi connectivity index (χ3v) is 4.15. The molecule has 1 atom stereocenters. The quantitative estimate of drug-likeness (QED) is 0.792. The minimum atomic E-state index is 0.178. The van der Waals surface area contributed by atoms with Crippen LogP contribution in [-0.4, -0.2) is 17.0 Å². The van der Waals surface area contributed by atoms with E-state index in [2.05, 4.69) is 39.6 Å². The first-order chi connectivity index (χ1) is 9.28. The Bertz CT molecular complexity index is 705. The summed E-state index contributed by atoms with van der Waals surface area (Å²) in [6, 6.07) is 10.6. The fourth-order valence-electron chi connectivity index (χ4n) is 2.25. The topological polar surface area (TPSA) is 37.8 Å². The van der Waals surface area contributed by atoms with Crippen molar-refractivity contribution >= 4 is 22.2 Å². The lowest BCUT2D eigenvalue weighted by molar-refractivity contribution is 0.703. The van der Waals surface area contributed by atoms with E-state index in [4.69, 9.17) is 0 Å². The number of hydrogen-bond acceptors (Lipinski definition) is 4. The van der Waals surface area contributed by atoms with Crippen molar-refractivity contribution in [2.45, 2.75) is 13.0 Å². The number of fused-ring (bicyclic) bond motifs is 1. The molecule has 0 aliphatic carbocycles. The molecule has 2 aromatic heterocycles. The molecule has 0 spiro atoms. The number of aryl methyl sites for hydroxylation is 1. The Morgan fingerprint density at radius 2 is 2.11 bits per heavy atom. The van der Waals surface area contributed by atoms with E-state index in [0.29, 0.717) is 0 Å². The van der Waals surface area contributed by atoms with Crippen LogP contribution in [0.15, 0.2) is 42.7 Å². The molecule has 2 heterocycles. The summed E-state index contributed by atoms with van der Waals surface area (Å²) in [7, 11) is 1.97. The Hall–Kier alpha value is -1.78. The van der Waals surface area contributed by atoms with Gasteiger partial charge in [0.1, 0.15) is 0 Å². The molecule has 96 valence electrons. The highest BCUT2D eigenvalue weighted by atomic mass is 32.1. The monoisotopic (exact) mass is 269 g/mol. The van der Waals surface area contributed by atoms with Crippen molar-refractivity contribution < 1.29 is 0 Å². The average Bonchev–Trinajstić information content (AvgIpc) is 2.86. The predicted octanol–water partition coefficient (Wildman–Crippen LogP) is 3.31. The van der Waals surface area contributed by atoms with Gasteiger partial charge in [-0.25, -0.2) is 4.98 Å². The van der Waals surface area contributed by atoms with Crippen molar-refractivity contribution in [1.29, 1.82) is 0 Å². The lowest BCUT2D eigenvalue weighted by atomic mass is 10.0. The SMILES string of the molecule is CNC(c1ccc2cccnc2c1)c1cnc(C)s1. The number of nitrogens with one attached hydrogen (secondary N) is 1. The lowest BCUT2D eigenvalue weighted by Crippen LogP contribution is -2.16. The molecule has 3 rings (SSSR count). The molecule has 3 aromatic rings. The number of benzene rings is 1.